The second kappa shape index (κ2) is 16.0. The molecule has 0 N–H and O–H groups in total. The zero-order valence-corrected chi connectivity index (χ0v) is 42.7. The average molecular weight is 938 g/mol. The summed E-state index contributed by atoms with van der Waals surface area (Å²) < 4.78 is 0. The van der Waals surface area contributed by atoms with Crippen molar-refractivity contribution in [1.29, 1.82) is 0 Å². The molecule has 10 aromatic carbocycles. The summed E-state index contributed by atoms with van der Waals surface area (Å²) in [6, 6.07) is 83.2. The van der Waals surface area contributed by atoms with Gasteiger partial charge in [-0.1, -0.05) is 211 Å². The molecule has 0 saturated heterocycles. The molecule has 0 amide bonds. The Labute approximate surface area is 431 Å². The molecular weight excluding hydrogens is 879 g/mol. The van der Waals surface area contributed by atoms with Crippen LogP contribution in [0.25, 0.3) is 66.8 Å². The third-order valence-corrected chi connectivity index (χ3v) is 17.7. The van der Waals surface area contributed by atoms with Crippen LogP contribution in [0.5, 0.6) is 0 Å². The number of aryl methyl sites for hydroxylation is 1. The van der Waals surface area contributed by atoms with Crippen molar-refractivity contribution in [3.8, 4) is 66.8 Å². The molecule has 352 valence electrons. The first kappa shape index (κ1) is 43.8. The van der Waals surface area contributed by atoms with Crippen molar-refractivity contribution in [2.45, 2.75) is 76.5 Å². The van der Waals surface area contributed by atoms with E-state index in [0.717, 1.165) is 18.5 Å². The maximum atomic E-state index is 2.63. The van der Waals surface area contributed by atoms with Crippen LogP contribution >= 0.6 is 0 Å². The predicted molar refractivity (Wildman–Crippen MR) is 307 cm³/mol. The van der Waals surface area contributed by atoms with E-state index in [2.05, 4.69) is 265 Å². The monoisotopic (exact) mass is 937 g/mol. The zero-order chi connectivity index (χ0) is 49.4. The number of benzene rings is 10. The number of anilines is 3. The van der Waals surface area contributed by atoms with Crippen molar-refractivity contribution < 1.29 is 0 Å². The Kier molecular flexibility index (Phi) is 9.59. The molecule has 0 heterocycles. The molecule has 1 unspecified atom stereocenters. The largest absolute Gasteiger partial charge is 0.310 e. The molecule has 73 heavy (non-hydrogen) atoms. The van der Waals surface area contributed by atoms with Gasteiger partial charge in [0, 0.05) is 39.2 Å². The van der Waals surface area contributed by atoms with E-state index in [0.29, 0.717) is 0 Å². The Morgan fingerprint density at radius 1 is 0.315 bits per heavy atom. The number of nitrogens with zero attached hydrogens (tertiary/aromatic N) is 1. The predicted octanol–water partition coefficient (Wildman–Crippen LogP) is 19.2. The Bertz CT molecular complexity index is 3870. The lowest BCUT2D eigenvalue weighted by Crippen LogP contribution is -2.19. The van der Waals surface area contributed by atoms with Gasteiger partial charge in [-0.2, -0.15) is 0 Å². The van der Waals surface area contributed by atoms with Gasteiger partial charge in [0.1, 0.15) is 0 Å². The maximum Gasteiger partial charge on any atom is 0.0468 e. The molecule has 0 saturated carbocycles. The van der Waals surface area contributed by atoms with Crippen LogP contribution < -0.4 is 4.90 Å². The molecule has 1 nitrogen and oxygen atoms in total. The van der Waals surface area contributed by atoms with Crippen molar-refractivity contribution in [2.75, 3.05) is 4.90 Å². The summed E-state index contributed by atoms with van der Waals surface area (Å²) in [5.74, 6) is 0.151. The maximum absolute atomic E-state index is 2.63. The van der Waals surface area contributed by atoms with Crippen molar-refractivity contribution in [2.24, 2.45) is 0 Å². The van der Waals surface area contributed by atoms with Gasteiger partial charge in [-0.25, -0.2) is 0 Å². The van der Waals surface area contributed by atoms with E-state index in [1.54, 1.807) is 0 Å². The molecule has 1 atom stereocenters. The highest BCUT2D eigenvalue weighted by Crippen LogP contribution is 2.61. The number of rotatable bonds is 6. The summed E-state index contributed by atoms with van der Waals surface area (Å²) >= 11 is 0. The van der Waals surface area contributed by atoms with Crippen LogP contribution in [0.4, 0.5) is 17.1 Å². The summed E-state index contributed by atoms with van der Waals surface area (Å²) in [6.07, 6.45) is 2.02. The van der Waals surface area contributed by atoms with Gasteiger partial charge in [0.2, 0.25) is 0 Å². The fourth-order valence-corrected chi connectivity index (χ4v) is 13.9. The quantitative estimate of drug-likeness (QED) is 0.161. The molecular formula is C72H59N. The SMILES string of the molecule is CC1(C)c2ccccc2-c2ccc(N(c3ccc(-c4ccccc4)cc3)c3cc(C4CCc5ccccc5-c5ccccc54)c4c(c3)C(C)(C)c3cc5c(cc3-4)C(C)(C)c3cccc(-c4ccccc4)c3-5)cc21. The molecule has 0 fully saturated rings. The Hall–Kier alpha value is -8.00. The van der Waals surface area contributed by atoms with Gasteiger partial charge < -0.3 is 4.90 Å². The van der Waals surface area contributed by atoms with Gasteiger partial charge in [-0.05, 0) is 178 Å². The normalized spacial score (nSPS) is 16.4. The number of hydrogen-bond acceptors (Lipinski definition) is 1. The molecule has 0 spiro atoms. The van der Waals surface area contributed by atoms with Crippen LogP contribution in [0.15, 0.2) is 218 Å². The second-order valence-electron chi connectivity index (χ2n) is 22.7. The highest BCUT2D eigenvalue weighted by atomic mass is 15.1. The summed E-state index contributed by atoms with van der Waals surface area (Å²) in [6.45, 7) is 14.7. The molecule has 14 rings (SSSR count). The smallest absolute Gasteiger partial charge is 0.0468 e. The van der Waals surface area contributed by atoms with Gasteiger partial charge in [-0.15, -0.1) is 0 Å². The molecule has 0 aliphatic heterocycles. The standard InChI is InChI=1S/C72H59N/c1-70(2)62-30-18-17-28-57(62)58-39-37-50(41-64(58)70)73(49-35-32-46(33-36-49)45-20-9-7-10-21-45)51-40-59(56-38-34-48-24-13-14-25-52(48)54-26-15-16-27-55(54)56)69-61-44-65-60(43-66(61)72(5,6)67(69)42-51)68-53(47-22-11-8-12-23-47)29-19-31-63(68)71(65,3)4/h7-33,35-37,39-44,56H,34,38H2,1-6H3. The zero-order valence-electron chi connectivity index (χ0n) is 42.7. The van der Waals surface area contributed by atoms with Crippen molar-refractivity contribution in [3.05, 3.63) is 268 Å². The van der Waals surface area contributed by atoms with Gasteiger partial charge >= 0.3 is 0 Å². The molecule has 0 bridgehead atoms. The van der Waals surface area contributed by atoms with Gasteiger partial charge in [-0.3, -0.25) is 0 Å². The molecule has 0 radical (unpaired) electrons. The first-order valence-corrected chi connectivity index (χ1v) is 26.4. The minimum atomic E-state index is -0.309. The van der Waals surface area contributed by atoms with E-state index in [4.69, 9.17) is 0 Å². The Balaban J connectivity index is 1.03. The summed E-state index contributed by atoms with van der Waals surface area (Å²) in [4.78, 5) is 2.57. The summed E-state index contributed by atoms with van der Waals surface area (Å²) in [5, 5.41) is 0. The summed E-state index contributed by atoms with van der Waals surface area (Å²) in [7, 11) is 0. The van der Waals surface area contributed by atoms with Crippen LogP contribution in [-0.2, 0) is 22.7 Å². The molecule has 1 heteroatoms. The fraction of sp³-hybridized carbons (Fsp3) is 0.167. The van der Waals surface area contributed by atoms with Crippen molar-refractivity contribution in [3.63, 3.8) is 0 Å². The van der Waals surface area contributed by atoms with E-state index in [-0.39, 0.29) is 22.2 Å². The van der Waals surface area contributed by atoms with Crippen LogP contribution in [-0.4, -0.2) is 0 Å². The van der Waals surface area contributed by atoms with Crippen molar-refractivity contribution in [1.82, 2.24) is 0 Å². The minimum absolute atomic E-state index is 0.149. The third kappa shape index (κ3) is 6.47. The molecule has 0 aromatic heterocycles. The van der Waals surface area contributed by atoms with E-state index in [1.165, 1.54) is 128 Å². The molecule has 4 aliphatic carbocycles. The highest BCUT2D eigenvalue weighted by molar-refractivity contribution is 5.98. The topological polar surface area (TPSA) is 3.24 Å². The second-order valence-corrected chi connectivity index (χ2v) is 22.7. The van der Waals surface area contributed by atoms with Gasteiger partial charge in [0.15, 0.2) is 0 Å². The lowest BCUT2D eigenvalue weighted by Gasteiger charge is -2.32. The van der Waals surface area contributed by atoms with Gasteiger partial charge in [0.05, 0.1) is 0 Å². The Morgan fingerprint density at radius 2 is 0.836 bits per heavy atom. The van der Waals surface area contributed by atoms with Gasteiger partial charge in [0.25, 0.3) is 0 Å². The first-order valence-electron chi connectivity index (χ1n) is 26.4. The molecule has 10 aromatic rings. The molecule has 4 aliphatic rings. The first-order chi connectivity index (χ1) is 35.5. The highest BCUT2D eigenvalue weighted by Gasteiger charge is 2.45. The van der Waals surface area contributed by atoms with E-state index in [9.17, 15) is 0 Å². The fourth-order valence-electron chi connectivity index (χ4n) is 13.9. The lowest BCUT2D eigenvalue weighted by atomic mass is 9.78. The Morgan fingerprint density at radius 3 is 1.59 bits per heavy atom. The van der Waals surface area contributed by atoms with Crippen LogP contribution in [0.1, 0.15) is 104 Å². The number of hydrogen-bond donors (Lipinski definition) is 0. The van der Waals surface area contributed by atoms with Crippen molar-refractivity contribution >= 4 is 17.1 Å². The van der Waals surface area contributed by atoms with Crippen LogP contribution in [0, 0.1) is 0 Å². The summed E-state index contributed by atoms with van der Waals surface area (Å²) in [5.41, 5.74) is 31.5. The van der Waals surface area contributed by atoms with E-state index in [1.807, 2.05) is 0 Å². The van der Waals surface area contributed by atoms with Crippen LogP contribution in [0.2, 0.25) is 0 Å². The van der Waals surface area contributed by atoms with E-state index < -0.39 is 0 Å². The average Bonchev–Trinajstić information content (AvgIpc) is 3.83. The van der Waals surface area contributed by atoms with Crippen LogP contribution in [0.3, 0.4) is 0 Å². The number of fused-ring (bicyclic) bond motifs is 12. The van der Waals surface area contributed by atoms with E-state index >= 15 is 0 Å². The third-order valence-electron chi connectivity index (χ3n) is 17.7. The lowest BCUT2D eigenvalue weighted by molar-refractivity contribution is 0.651. The minimum Gasteiger partial charge on any atom is -0.310 e.